The first-order valence-electron chi connectivity index (χ1n) is 11.6. The molecule has 0 saturated carbocycles. The predicted molar refractivity (Wildman–Crippen MR) is 125 cm³/mol. The van der Waals surface area contributed by atoms with E-state index in [1.54, 1.807) is 19.2 Å². The van der Waals surface area contributed by atoms with Crippen molar-refractivity contribution in [1.82, 2.24) is 19.5 Å². The van der Waals surface area contributed by atoms with Crippen molar-refractivity contribution in [2.45, 2.75) is 43.2 Å². The predicted octanol–water partition coefficient (Wildman–Crippen LogP) is 2.59. The van der Waals surface area contributed by atoms with Crippen molar-refractivity contribution in [2.75, 3.05) is 46.4 Å². The first-order chi connectivity index (χ1) is 15.5. The summed E-state index contributed by atoms with van der Waals surface area (Å²) in [6, 6.07) is 11.6. The monoisotopic (exact) mass is 458 g/mol. The van der Waals surface area contributed by atoms with Crippen molar-refractivity contribution in [1.29, 1.82) is 0 Å². The number of sulfonamides is 1. The largest absolute Gasteiger partial charge is 0.379 e. The maximum atomic E-state index is 13.1. The number of morpholine rings is 1. The molecule has 4 rings (SSSR count). The van der Waals surface area contributed by atoms with Crippen LogP contribution in [0.1, 0.15) is 42.1 Å². The van der Waals surface area contributed by atoms with Gasteiger partial charge in [0.2, 0.25) is 10.0 Å². The maximum Gasteiger partial charge on any atom is 0.242 e. The molecule has 1 fully saturated rings. The van der Waals surface area contributed by atoms with Crippen LogP contribution in [0.5, 0.6) is 0 Å². The highest BCUT2D eigenvalue weighted by Gasteiger charge is 2.23. The molecule has 0 bridgehead atoms. The van der Waals surface area contributed by atoms with E-state index in [0.717, 1.165) is 69.8 Å². The first kappa shape index (κ1) is 23.3. The molecule has 1 aromatic heterocycles. The molecule has 1 atom stereocenters. The lowest BCUT2D eigenvalue weighted by Crippen LogP contribution is -2.38. The highest BCUT2D eigenvalue weighted by Crippen LogP contribution is 2.28. The number of benzene rings is 1. The minimum absolute atomic E-state index is 0.211. The van der Waals surface area contributed by atoms with E-state index in [4.69, 9.17) is 4.74 Å². The molecule has 2 aromatic rings. The second-order valence-electron chi connectivity index (χ2n) is 8.66. The summed E-state index contributed by atoms with van der Waals surface area (Å²) in [7, 11) is -1.84. The molecular formula is C24H34N4O3S. The van der Waals surface area contributed by atoms with Crippen molar-refractivity contribution >= 4 is 10.0 Å². The van der Waals surface area contributed by atoms with E-state index in [1.807, 2.05) is 24.4 Å². The van der Waals surface area contributed by atoms with Gasteiger partial charge in [0.05, 0.1) is 29.8 Å². The standard InChI is InChI=1S/C24H34N4O3S/c1-27(12-5-13-28-14-16-31-17-15-28)32(29,30)22-9-2-6-20(18-22)19-26-23-10-3-7-21-8-4-11-25-24(21)23/h2,4,6,8-9,11,18,23,26H,3,5,7,10,12-17,19H2,1H3. The third-order valence-electron chi connectivity index (χ3n) is 6.41. The molecule has 0 radical (unpaired) electrons. The molecule has 1 N–H and O–H groups in total. The van der Waals surface area contributed by atoms with Crippen LogP contribution in [0.4, 0.5) is 0 Å². The van der Waals surface area contributed by atoms with Crippen molar-refractivity contribution in [2.24, 2.45) is 0 Å². The fourth-order valence-corrected chi connectivity index (χ4v) is 5.79. The zero-order chi connectivity index (χ0) is 22.4. The van der Waals surface area contributed by atoms with Crippen LogP contribution in [0.3, 0.4) is 0 Å². The summed E-state index contributed by atoms with van der Waals surface area (Å²) < 4.78 is 33.0. The molecule has 2 aliphatic rings. The molecule has 1 saturated heterocycles. The third-order valence-corrected chi connectivity index (χ3v) is 8.26. The molecule has 8 heteroatoms. The molecule has 2 heterocycles. The minimum Gasteiger partial charge on any atom is -0.379 e. The molecule has 0 spiro atoms. The van der Waals surface area contributed by atoms with E-state index in [0.29, 0.717) is 18.0 Å². The number of aryl methyl sites for hydroxylation is 1. The van der Waals surface area contributed by atoms with Crippen molar-refractivity contribution < 1.29 is 13.2 Å². The van der Waals surface area contributed by atoms with Crippen LogP contribution in [0.15, 0.2) is 47.5 Å². The highest BCUT2D eigenvalue weighted by molar-refractivity contribution is 7.89. The van der Waals surface area contributed by atoms with Crippen LogP contribution in [0.25, 0.3) is 0 Å². The van der Waals surface area contributed by atoms with Crippen LogP contribution < -0.4 is 5.32 Å². The summed E-state index contributed by atoms with van der Waals surface area (Å²) in [6.45, 7) is 5.38. The van der Waals surface area contributed by atoms with Gasteiger partial charge in [-0.15, -0.1) is 0 Å². The van der Waals surface area contributed by atoms with Gasteiger partial charge in [-0.1, -0.05) is 18.2 Å². The summed E-state index contributed by atoms with van der Waals surface area (Å²) in [5.41, 5.74) is 3.41. The average Bonchev–Trinajstić information content (AvgIpc) is 2.83. The number of pyridine rings is 1. The van der Waals surface area contributed by atoms with E-state index in [-0.39, 0.29) is 6.04 Å². The van der Waals surface area contributed by atoms with E-state index >= 15 is 0 Å². The Morgan fingerprint density at radius 2 is 2.06 bits per heavy atom. The zero-order valence-electron chi connectivity index (χ0n) is 18.9. The van der Waals surface area contributed by atoms with Gasteiger partial charge in [-0.25, -0.2) is 12.7 Å². The second kappa shape index (κ2) is 10.9. The molecule has 7 nitrogen and oxygen atoms in total. The fourth-order valence-electron chi connectivity index (χ4n) is 4.51. The Balaban J connectivity index is 1.34. The molecule has 0 amide bonds. The number of hydrogen-bond donors (Lipinski definition) is 1. The average molecular weight is 459 g/mol. The Kier molecular flexibility index (Phi) is 7.91. The van der Waals surface area contributed by atoms with Crippen LogP contribution >= 0.6 is 0 Å². The Morgan fingerprint density at radius 3 is 2.91 bits per heavy atom. The van der Waals surface area contributed by atoms with Gasteiger partial charge >= 0.3 is 0 Å². The van der Waals surface area contributed by atoms with Gasteiger partial charge in [0, 0.05) is 39.4 Å². The van der Waals surface area contributed by atoms with Crippen LogP contribution in [0.2, 0.25) is 0 Å². The smallest absolute Gasteiger partial charge is 0.242 e. The molecule has 1 aromatic carbocycles. The fraction of sp³-hybridized carbons (Fsp3) is 0.542. The Labute approximate surface area is 191 Å². The molecule has 1 unspecified atom stereocenters. The van der Waals surface area contributed by atoms with Gasteiger partial charge in [-0.3, -0.25) is 9.88 Å². The minimum atomic E-state index is -3.51. The molecule has 174 valence electrons. The van der Waals surface area contributed by atoms with Gasteiger partial charge in [-0.2, -0.15) is 0 Å². The van der Waals surface area contributed by atoms with Gasteiger partial charge in [0.1, 0.15) is 0 Å². The Bertz CT molecular complexity index is 992. The molecular weight excluding hydrogens is 424 g/mol. The lowest BCUT2D eigenvalue weighted by Gasteiger charge is -2.27. The lowest BCUT2D eigenvalue weighted by molar-refractivity contribution is 0.0370. The van der Waals surface area contributed by atoms with E-state index < -0.39 is 10.0 Å². The Hall–Kier alpha value is -1.84. The second-order valence-corrected chi connectivity index (χ2v) is 10.7. The number of rotatable bonds is 9. The SMILES string of the molecule is CN(CCCN1CCOCC1)S(=O)(=O)c1cccc(CNC2CCCc3cccnc32)c1. The zero-order valence-corrected chi connectivity index (χ0v) is 19.7. The highest BCUT2D eigenvalue weighted by atomic mass is 32.2. The van der Waals surface area contributed by atoms with E-state index in [9.17, 15) is 8.42 Å². The van der Waals surface area contributed by atoms with Crippen molar-refractivity contribution in [3.05, 3.63) is 59.4 Å². The van der Waals surface area contributed by atoms with Crippen molar-refractivity contribution in [3.8, 4) is 0 Å². The van der Waals surface area contributed by atoms with Gasteiger partial charge in [-0.05, 0) is 61.6 Å². The van der Waals surface area contributed by atoms with Crippen LogP contribution in [-0.4, -0.2) is 69.0 Å². The molecule has 1 aliphatic heterocycles. The van der Waals surface area contributed by atoms with Crippen LogP contribution in [0, 0.1) is 0 Å². The number of hydrogen-bond acceptors (Lipinski definition) is 6. The van der Waals surface area contributed by atoms with Gasteiger partial charge in [0.15, 0.2) is 0 Å². The number of ether oxygens (including phenoxy) is 1. The summed E-state index contributed by atoms with van der Waals surface area (Å²) in [5, 5.41) is 3.59. The molecule has 32 heavy (non-hydrogen) atoms. The van der Waals surface area contributed by atoms with Gasteiger partial charge in [0.25, 0.3) is 0 Å². The van der Waals surface area contributed by atoms with Gasteiger partial charge < -0.3 is 10.1 Å². The van der Waals surface area contributed by atoms with E-state index in [2.05, 4.69) is 21.3 Å². The number of aromatic nitrogens is 1. The topological polar surface area (TPSA) is 74.8 Å². The van der Waals surface area contributed by atoms with E-state index in [1.165, 1.54) is 9.87 Å². The number of fused-ring (bicyclic) bond motifs is 1. The maximum absolute atomic E-state index is 13.1. The number of nitrogens with one attached hydrogen (secondary N) is 1. The lowest BCUT2D eigenvalue weighted by atomic mass is 9.92. The normalized spacial score (nSPS) is 19.8. The number of nitrogens with zero attached hydrogens (tertiary/aromatic N) is 3. The first-order valence-corrected chi connectivity index (χ1v) is 13.0. The third kappa shape index (κ3) is 5.74. The summed E-state index contributed by atoms with van der Waals surface area (Å²) in [6.07, 6.45) is 5.92. The quantitative estimate of drug-likeness (QED) is 0.623. The van der Waals surface area contributed by atoms with Crippen molar-refractivity contribution in [3.63, 3.8) is 0 Å². The summed E-state index contributed by atoms with van der Waals surface area (Å²) in [4.78, 5) is 7.26. The summed E-state index contributed by atoms with van der Waals surface area (Å²) in [5.74, 6) is 0. The Morgan fingerprint density at radius 1 is 1.22 bits per heavy atom. The summed E-state index contributed by atoms with van der Waals surface area (Å²) >= 11 is 0. The van der Waals surface area contributed by atoms with Crippen LogP contribution in [-0.2, 0) is 27.7 Å². The molecule has 1 aliphatic carbocycles.